The highest BCUT2D eigenvalue weighted by molar-refractivity contribution is 9.10. The van der Waals surface area contributed by atoms with E-state index in [2.05, 4.69) is 57.2 Å². The monoisotopic (exact) mass is 324 g/mol. The van der Waals surface area contributed by atoms with Gasteiger partial charge < -0.3 is 0 Å². The SMILES string of the molecule is CC(Br)CC(C)Cc1sccc1Br. The van der Waals surface area contributed by atoms with E-state index >= 15 is 0 Å². The van der Waals surface area contributed by atoms with Crippen LogP contribution in [0.1, 0.15) is 25.1 Å². The summed E-state index contributed by atoms with van der Waals surface area (Å²) in [6.45, 7) is 4.52. The van der Waals surface area contributed by atoms with Gasteiger partial charge in [-0.2, -0.15) is 0 Å². The Balaban J connectivity index is 2.45. The van der Waals surface area contributed by atoms with Crippen LogP contribution in [0.5, 0.6) is 0 Å². The maximum atomic E-state index is 3.59. The molecule has 1 rings (SSSR count). The van der Waals surface area contributed by atoms with E-state index in [4.69, 9.17) is 0 Å². The highest BCUT2D eigenvalue weighted by atomic mass is 79.9. The first kappa shape index (κ1) is 11.7. The van der Waals surface area contributed by atoms with Crippen molar-refractivity contribution in [3.05, 3.63) is 20.8 Å². The largest absolute Gasteiger partial charge is 0.148 e. The lowest BCUT2D eigenvalue weighted by Gasteiger charge is -2.11. The minimum atomic E-state index is 0.626. The van der Waals surface area contributed by atoms with Gasteiger partial charge >= 0.3 is 0 Å². The van der Waals surface area contributed by atoms with Crippen LogP contribution in [0.2, 0.25) is 0 Å². The molecular formula is C10H14Br2S. The summed E-state index contributed by atoms with van der Waals surface area (Å²) in [5.74, 6) is 0.754. The van der Waals surface area contributed by atoms with Gasteiger partial charge in [0.2, 0.25) is 0 Å². The lowest BCUT2D eigenvalue weighted by atomic mass is 10.0. The van der Waals surface area contributed by atoms with Gasteiger partial charge in [-0.05, 0) is 46.1 Å². The number of alkyl halides is 1. The van der Waals surface area contributed by atoms with Gasteiger partial charge in [0.05, 0.1) is 0 Å². The van der Waals surface area contributed by atoms with E-state index < -0.39 is 0 Å². The van der Waals surface area contributed by atoms with Crippen molar-refractivity contribution in [2.45, 2.75) is 31.5 Å². The van der Waals surface area contributed by atoms with E-state index in [1.807, 2.05) is 11.3 Å². The van der Waals surface area contributed by atoms with Crippen LogP contribution in [0.15, 0.2) is 15.9 Å². The van der Waals surface area contributed by atoms with E-state index in [1.165, 1.54) is 22.2 Å². The van der Waals surface area contributed by atoms with Gasteiger partial charge in [0.15, 0.2) is 0 Å². The first-order chi connectivity index (χ1) is 6.09. The Morgan fingerprint density at radius 1 is 1.46 bits per heavy atom. The summed E-state index contributed by atoms with van der Waals surface area (Å²) in [7, 11) is 0. The van der Waals surface area contributed by atoms with Gasteiger partial charge in [-0.3, -0.25) is 0 Å². The van der Waals surface area contributed by atoms with E-state index in [1.54, 1.807) is 0 Å². The molecule has 2 unspecified atom stereocenters. The first-order valence-electron chi connectivity index (χ1n) is 4.45. The zero-order valence-corrected chi connectivity index (χ0v) is 11.9. The molecule has 74 valence electrons. The molecule has 0 aliphatic rings. The summed E-state index contributed by atoms with van der Waals surface area (Å²) in [5, 5.41) is 2.14. The van der Waals surface area contributed by atoms with Crippen molar-refractivity contribution in [3.8, 4) is 0 Å². The summed E-state index contributed by atoms with van der Waals surface area (Å²) in [4.78, 5) is 2.10. The van der Waals surface area contributed by atoms with Crippen molar-refractivity contribution >= 4 is 43.2 Å². The third kappa shape index (κ3) is 4.13. The quantitative estimate of drug-likeness (QED) is 0.693. The van der Waals surface area contributed by atoms with Crippen LogP contribution in [0.25, 0.3) is 0 Å². The second-order valence-corrected chi connectivity index (χ2v) is 6.94. The standard InChI is InChI=1S/C10H14Br2S/c1-7(5-8(2)11)6-10-9(12)3-4-13-10/h3-4,7-8H,5-6H2,1-2H3. The number of hydrogen-bond acceptors (Lipinski definition) is 1. The smallest absolute Gasteiger partial charge is 0.0314 e. The molecule has 0 saturated carbocycles. The average molecular weight is 326 g/mol. The molecule has 0 saturated heterocycles. The minimum absolute atomic E-state index is 0.626. The van der Waals surface area contributed by atoms with Crippen LogP contribution in [0.4, 0.5) is 0 Å². The highest BCUT2D eigenvalue weighted by Gasteiger charge is 2.09. The molecule has 1 heterocycles. The molecule has 13 heavy (non-hydrogen) atoms. The number of hydrogen-bond donors (Lipinski definition) is 0. The second-order valence-electron chi connectivity index (χ2n) is 3.52. The van der Waals surface area contributed by atoms with Gasteiger partial charge in [0.1, 0.15) is 0 Å². The fraction of sp³-hybridized carbons (Fsp3) is 0.600. The molecule has 0 radical (unpaired) electrons. The molecule has 0 aliphatic heterocycles. The van der Waals surface area contributed by atoms with Crippen LogP contribution in [0.3, 0.4) is 0 Å². The van der Waals surface area contributed by atoms with Crippen molar-refractivity contribution in [1.82, 2.24) is 0 Å². The summed E-state index contributed by atoms with van der Waals surface area (Å²) in [6, 6.07) is 2.13. The molecule has 0 amide bonds. The van der Waals surface area contributed by atoms with E-state index in [9.17, 15) is 0 Å². The maximum absolute atomic E-state index is 3.59. The summed E-state index contributed by atoms with van der Waals surface area (Å²) >= 11 is 8.99. The Morgan fingerprint density at radius 3 is 2.62 bits per heavy atom. The second kappa shape index (κ2) is 5.52. The fourth-order valence-corrected chi connectivity index (χ4v) is 3.74. The van der Waals surface area contributed by atoms with Gasteiger partial charge in [-0.15, -0.1) is 11.3 Å². The van der Waals surface area contributed by atoms with Crippen LogP contribution < -0.4 is 0 Å². The van der Waals surface area contributed by atoms with Crippen LogP contribution in [-0.4, -0.2) is 4.83 Å². The van der Waals surface area contributed by atoms with E-state index in [-0.39, 0.29) is 0 Å². The van der Waals surface area contributed by atoms with Gasteiger partial charge in [-0.1, -0.05) is 29.8 Å². The van der Waals surface area contributed by atoms with Gasteiger partial charge in [-0.25, -0.2) is 0 Å². The Hall–Kier alpha value is 0.660. The Bertz CT molecular complexity index is 255. The predicted molar refractivity (Wildman–Crippen MR) is 67.9 cm³/mol. The predicted octanol–water partition coefficient (Wildman–Crippen LogP) is 4.86. The highest BCUT2D eigenvalue weighted by Crippen LogP contribution is 2.27. The van der Waals surface area contributed by atoms with Gasteiger partial charge in [0, 0.05) is 14.2 Å². The van der Waals surface area contributed by atoms with Crippen LogP contribution in [0, 0.1) is 5.92 Å². The van der Waals surface area contributed by atoms with Crippen molar-refractivity contribution in [1.29, 1.82) is 0 Å². The van der Waals surface area contributed by atoms with Crippen molar-refractivity contribution in [2.75, 3.05) is 0 Å². The third-order valence-electron chi connectivity index (χ3n) is 1.95. The Labute approximate surface area is 101 Å². The molecule has 0 N–H and O–H groups in total. The van der Waals surface area contributed by atoms with Crippen molar-refractivity contribution in [2.24, 2.45) is 5.92 Å². The molecule has 0 nitrogen and oxygen atoms in total. The van der Waals surface area contributed by atoms with Crippen molar-refractivity contribution < 1.29 is 0 Å². The van der Waals surface area contributed by atoms with E-state index in [0.717, 1.165) is 5.92 Å². The molecule has 0 fully saturated rings. The Morgan fingerprint density at radius 2 is 2.15 bits per heavy atom. The van der Waals surface area contributed by atoms with Gasteiger partial charge in [0.25, 0.3) is 0 Å². The molecule has 3 heteroatoms. The van der Waals surface area contributed by atoms with Crippen LogP contribution >= 0.6 is 43.2 Å². The lowest BCUT2D eigenvalue weighted by molar-refractivity contribution is 0.536. The molecule has 0 aliphatic carbocycles. The maximum Gasteiger partial charge on any atom is 0.0314 e. The summed E-state index contributed by atoms with van der Waals surface area (Å²) in [5.41, 5.74) is 0. The number of halogens is 2. The third-order valence-corrected chi connectivity index (χ3v) is 4.27. The number of thiophene rings is 1. The molecule has 1 aromatic rings. The average Bonchev–Trinajstić information content (AvgIpc) is 2.34. The minimum Gasteiger partial charge on any atom is -0.148 e. The summed E-state index contributed by atoms with van der Waals surface area (Å²) in [6.07, 6.45) is 2.43. The molecule has 0 aromatic carbocycles. The fourth-order valence-electron chi connectivity index (χ4n) is 1.43. The lowest BCUT2D eigenvalue weighted by Crippen LogP contribution is -2.04. The normalized spacial score (nSPS) is 15.7. The molecule has 2 atom stereocenters. The summed E-state index contributed by atoms with van der Waals surface area (Å²) < 4.78 is 1.27. The first-order valence-corrected chi connectivity index (χ1v) is 7.04. The molecule has 0 spiro atoms. The van der Waals surface area contributed by atoms with E-state index in [0.29, 0.717) is 4.83 Å². The molecule has 0 bridgehead atoms. The molecular weight excluding hydrogens is 312 g/mol. The zero-order chi connectivity index (χ0) is 9.84. The zero-order valence-electron chi connectivity index (χ0n) is 7.89. The van der Waals surface area contributed by atoms with Crippen molar-refractivity contribution in [3.63, 3.8) is 0 Å². The van der Waals surface area contributed by atoms with Crippen LogP contribution in [-0.2, 0) is 6.42 Å². The number of rotatable bonds is 4. The molecule has 1 aromatic heterocycles. The topological polar surface area (TPSA) is 0 Å². The Kier molecular flexibility index (Phi) is 4.98.